The second-order valence-electron chi connectivity index (χ2n) is 6.32. The molecule has 0 radical (unpaired) electrons. The minimum Gasteiger partial charge on any atom is -0.331 e. The number of benzene rings is 2. The fourth-order valence-electron chi connectivity index (χ4n) is 2.75. The molecule has 4 aromatic rings. The van der Waals surface area contributed by atoms with E-state index in [9.17, 15) is 4.79 Å². The molecule has 3 N–H and O–H groups in total. The molecule has 2 aromatic carbocycles. The highest BCUT2D eigenvalue weighted by Crippen LogP contribution is 2.25. The Kier molecular flexibility index (Phi) is 6.33. The number of hydrogen-bond donors (Lipinski definition) is 3. The SMILES string of the molecule is O=C(Cc1csc2nc(-c3ccc(Br)cc3)cn12)NNC(=S)Nc1ccc(Cl)cc1. The quantitative estimate of drug-likeness (QED) is 0.260. The molecule has 10 heteroatoms. The summed E-state index contributed by atoms with van der Waals surface area (Å²) in [6.45, 7) is 0. The lowest BCUT2D eigenvalue weighted by Crippen LogP contribution is -2.44. The normalized spacial score (nSPS) is 10.7. The van der Waals surface area contributed by atoms with Crippen LogP contribution in [0.15, 0.2) is 64.6 Å². The van der Waals surface area contributed by atoms with Crippen LogP contribution in [0.3, 0.4) is 0 Å². The number of carbonyl (C=O) groups excluding carboxylic acids is 1. The number of hydrogen-bond acceptors (Lipinski definition) is 4. The molecule has 1 amide bonds. The van der Waals surface area contributed by atoms with Crippen LogP contribution in [0.25, 0.3) is 16.2 Å². The molecular formula is C20H15BrClN5OS2. The number of carbonyl (C=O) groups is 1. The maximum Gasteiger partial charge on any atom is 0.244 e. The number of fused-ring (bicyclic) bond motifs is 1. The van der Waals surface area contributed by atoms with Crippen LogP contribution in [-0.2, 0) is 11.2 Å². The molecule has 6 nitrogen and oxygen atoms in total. The van der Waals surface area contributed by atoms with Crippen LogP contribution in [0.5, 0.6) is 0 Å². The molecule has 30 heavy (non-hydrogen) atoms. The predicted molar refractivity (Wildman–Crippen MR) is 129 cm³/mol. The largest absolute Gasteiger partial charge is 0.331 e. The summed E-state index contributed by atoms with van der Waals surface area (Å²) in [5.74, 6) is -0.214. The van der Waals surface area contributed by atoms with Crippen molar-refractivity contribution in [3.05, 3.63) is 75.3 Å². The molecule has 0 saturated carbocycles. The van der Waals surface area contributed by atoms with Crippen molar-refractivity contribution in [2.24, 2.45) is 0 Å². The van der Waals surface area contributed by atoms with Crippen molar-refractivity contribution < 1.29 is 4.79 Å². The average molecular weight is 521 g/mol. The van der Waals surface area contributed by atoms with Gasteiger partial charge in [-0.1, -0.05) is 39.7 Å². The molecule has 0 saturated heterocycles. The highest BCUT2D eigenvalue weighted by atomic mass is 79.9. The number of anilines is 1. The van der Waals surface area contributed by atoms with Gasteiger partial charge >= 0.3 is 0 Å². The number of amides is 1. The molecule has 0 aliphatic rings. The number of hydrazine groups is 1. The average Bonchev–Trinajstić information content (AvgIpc) is 3.31. The number of rotatable bonds is 4. The summed E-state index contributed by atoms with van der Waals surface area (Å²) in [5, 5.41) is 5.81. The van der Waals surface area contributed by atoms with Crippen LogP contribution in [0.1, 0.15) is 5.69 Å². The fraction of sp³-hybridized carbons (Fsp3) is 0.0500. The molecule has 0 spiro atoms. The van der Waals surface area contributed by atoms with Crippen LogP contribution in [0.4, 0.5) is 5.69 Å². The number of nitrogens with one attached hydrogen (secondary N) is 3. The highest BCUT2D eigenvalue weighted by Gasteiger charge is 2.13. The van der Waals surface area contributed by atoms with Crippen molar-refractivity contribution in [1.82, 2.24) is 20.2 Å². The standard InChI is InChI=1S/C20H15BrClN5OS2/c21-13-3-1-12(2-4-13)17-10-27-16(11-30-20(27)24-17)9-18(28)25-26-19(29)23-15-7-5-14(22)6-8-15/h1-8,10-11H,9H2,(H,25,28)(H2,23,26,29). The zero-order chi connectivity index (χ0) is 21.1. The lowest BCUT2D eigenvalue weighted by atomic mass is 10.2. The van der Waals surface area contributed by atoms with Crippen molar-refractivity contribution in [2.75, 3.05) is 5.32 Å². The Morgan fingerprint density at radius 3 is 2.60 bits per heavy atom. The minimum atomic E-state index is -0.214. The van der Waals surface area contributed by atoms with Gasteiger partial charge in [0.2, 0.25) is 5.91 Å². The van der Waals surface area contributed by atoms with Gasteiger partial charge in [0.05, 0.1) is 12.1 Å². The van der Waals surface area contributed by atoms with Crippen molar-refractivity contribution in [1.29, 1.82) is 0 Å². The molecule has 0 aliphatic heterocycles. The second kappa shape index (κ2) is 9.13. The first kappa shape index (κ1) is 20.8. The van der Waals surface area contributed by atoms with Crippen molar-refractivity contribution in [2.45, 2.75) is 6.42 Å². The summed E-state index contributed by atoms with van der Waals surface area (Å²) in [7, 11) is 0. The summed E-state index contributed by atoms with van der Waals surface area (Å²) in [6.07, 6.45) is 2.13. The smallest absolute Gasteiger partial charge is 0.244 e. The molecule has 2 aromatic heterocycles. The van der Waals surface area contributed by atoms with Crippen LogP contribution < -0.4 is 16.2 Å². The lowest BCUT2D eigenvalue weighted by Gasteiger charge is -2.11. The van der Waals surface area contributed by atoms with E-state index in [0.29, 0.717) is 5.02 Å². The van der Waals surface area contributed by atoms with E-state index in [4.69, 9.17) is 23.8 Å². The van der Waals surface area contributed by atoms with Crippen molar-refractivity contribution >= 4 is 72.8 Å². The molecular weight excluding hydrogens is 506 g/mol. The van der Waals surface area contributed by atoms with E-state index in [0.717, 1.165) is 32.1 Å². The lowest BCUT2D eigenvalue weighted by molar-refractivity contribution is -0.121. The first-order valence-electron chi connectivity index (χ1n) is 8.81. The fourth-order valence-corrected chi connectivity index (χ4v) is 4.18. The monoisotopic (exact) mass is 519 g/mol. The Hall–Kier alpha value is -2.46. The number of nitrogens with zero attached hydrogens (tertiary/aromatic N) is 2. The number of aromatic nitrogens is 2. The maximum atomic E-state index is 12.4. The highest BCUT2D eigenvalue weighted by molar-refractivity contribution is 9.10. The third-order valence-electron chi connectivity index (χ3n) is 4.18. The third kappa shape index (κ3) is 4.99. The first-order valence-corrected chi connectivity index (χ1v) is 11.3. The second-order valence-corrected chi connectivity index (χ2v) is 8.92. The van der Waals surface area contributed by atoms with Gasteiger partial charge in [-0.3, -0.25) is 20.0 Å². The van der Waals surface area contributed by atoms with E-state index in [2.05, 4.69) is 37.1 Å². The molecule has 0 atom stereocenters. The van der Waals surface area contributed by atoms with Gasteiger partial charge < -0.3 is 5.32 Å². The van der Waals surface area contributed by atoms with E-state index in [-0.39, 0.29) is 17.4 Å². The van der Waals surface area contributed by atoms with Crippen LogP contribution in [-0.4, -0.2) is 20.4 Å². The van der Waals surface area contributed by atoms with E-state index in [1.807, 2.05) is 40.2 Å². The number of imidazole rings is 1. The topological polar surface area (TPSA) is 70.5 Å². The summed E-state index contributed by atoms with van der Waals surface area (Å²) >= 11 is 16.0. The molecule has 0 unspecified atom stereocenters. The number of thiazole rings is 1. The van der Waals surface area contributed by atoms with Gasteiger partial charge in [-0.2, -0.15) is 0 Å². The van der Waals surface area contributed by atoms with E-state index in [1.54, 1.807) is 24.3 Å². The van der Waals surface area contributed by atoms with Gasteiger partial charge in [0.25, 0.3) is 0 Å². The van der Waals surface area contributed by atoms with Gasteiger partial charge in [-0.05, 0) is 48.6 Å². The molecule has 152 valence electrons. The van der Waals surface area contributed by atoms with Gasteiger partial charge in [-0.15, -0.1) is 11.3 Å². The number of halogens is 2. The summed E-state index contributed by atoms with van der Waals surface area (Å²) in [5.41, 5.74) is 8.81. The Morgan fingerprint density at radius 2 is 1.87 bits per heavy atom. The van der Waals surface area contributed by atoms with Crippen LogP contribution in [0, 0.1) is 0 Å². The molecule has 0 bridgehead atoms. The molecule has 0 fully saturated rings. The Balaban J connectivity index is 1.36. The maximum absolute atomic E-state index is 12.4. The van der Waals surface area contributed by atoms with Gasteiger partial charge in [-0.25, -0.2) is 4.98 Å². The Bertz CT molecular complexity index is 1200. The predicted octanol–water partition coefficient (Wildman–Crippen LogP) is 5.04. The van der Waals surface area contributed by atoms with Crippen LogP contribution in [0.2, 0.25) is 5.02 Å². The molecule has 4 rings (SSSR count). The van der Waals surface area contributed by atoms with Crippen molar-refractivity contribution in [3.8, 4) is 11.3 Å². The number of thiocarbonyl (C=S) groups is 1. The summed E-state index contributed by atoms with van der Waals surface area (Å²) in [4.78, 5) is 17.8. The van der Waals surface area contributed by atoms with Gasteiger partial charge in [0.1, 0.15) is 0 Å². The van der Waals surface area contributed by atoms with E-state index < -0.39 is 0 Å². The van der Waals surface area contributed by atoms with Gasteiger partial charge in [0, 0.05) is 38.0 Å². The molecule has 2 heterocycles. The zero-order valence-corrected chi connectivity index (χ0v) is 19.3. The minimum absolute atomic E-state index is 0.187. The van der Waals surface area contributed by atoms with E-state index in [1.165, 1.54) is 11.3 Å². The summed E-state index contributed by atoms with van der Waals surface area (Å²) < 4.78 is 2.95. The van der Waals surface area contributed by atoms with E-state index >= 15 is 0 Å². The Morgan fingerprint density at radius 1 is 1.13 bits per heavy atom. The first-order chi connectivity index (χ1) is 14.5. The van der Waals surface area contributed by atoms with Crippen molar-refractivity contribution in [3.63, 3.8) is 0 Å². The zero-order valence-electron chi connectivity index (χ0n) is 15.4. The van der Waals surface area contributed by atoms with Gasteiger partial charge in [0.15, 0.2) is 10.1 Å². The third-order valence-corrected chi connectivity index (χ3v) is 6.06. The van der Waals surface area contributed by atoms with Crippen LogP contribution >= 0.6 is 51.1 Å². The Labute approximate surface area is 195 Å². The molecule has 0 aliphatic carbocycles. The summed E-state index contributed by atoms with van der Waals surface area (Å²) in [6, 6.07) is 15.0.